The van der Waals surface area contributed by atoms with Crippen LogP contribution in [0.1, 0.15) is 5.56 Å². The van der Waals surface area contributed by atoms with E-state index >= 15 is 0 Å². The van der Waals surface area contributed by atoms with Crippen molar-refractivity contribution in [2.45, 2.75) is 0 Å². The first-order valence-corrected chi connectivity index (χ1v) is 3.43. The molecule has 0 fully saturated rings. The largest absolute Gasteiger partial charge is 0.374 e. The summed E-state index contributed by atoms with van der Waals surface area (Å²) in [6.45, 7) is 1.49. The molecule has 1 nitrogen and oxygen atoms in total. The summed E-state index contributed by atoms with van der Waals surface area (Å²) in [5.74, 6) is -0.417. The fraction of sp³-hybridized carbons (Fsp3) is 0.125. The molecule has 3 heteroatoms. The Morgan fingerprint density at radius 2 is 2.27 bits per heavy atom. The molecule has 0 saturated heterocycles. The second kappa shape index (κ2) is 3.69. The van der Waals surface area contributed by atoms with E-state index in [0.717, 1.165) is 5.56 Å². The van der Waals surface area contributed by atoms with Crippen LogP contribution in [0.5, 0.6) is 0 Å². The minimum atomic E-state index is -0.417. The van der Waals surface area contributed by atoms with Crippen LogP contribution in [0.4, 0.5) is 4.39 Å². The third-order valence-corrected chi connectivity index (χ3v) is 1.49. The summed E-state index contributed by atoms with van der Waals surface area (Å²) in [6.07, 6.45) is 0. The van der Waals surface area contributed by atoms with Gasteiger partial charge in [0.05, 0.1) is 5.02 Å². The van der Waals surface area contributed by atoms with Crippen LogP contribution >= 0.6 is 11.6 Å². The maximum atomic E-state index is 12.6. The molecule has 0 aliphatic carbocycles. The van der Waals surface area contributed by atoms with Crippen molar-refractivity contribution >= 4 is 11.6 Å². The Labute approximate surface area is 69.7 Å². The summed E-state index contributed by atoms with van der Waals surface area (Å²) in [5.41, 5.74) is 0.749. The van der Waals surface area contributed by atoms with E-state index in [1.807, 2.05) is 0 Å². The van der Waals surface area contributed by atoms with Crippen LogP contribution in [0.3, 0.4) is 0 Å². The minimum Gasteiger partial charge on any atom is -0.374 e. The fourth-order valence-corrected chi connectivity index (χ4v) is 0.911. The Morgan fingerprint density at radius 1 is 1.55 bits per heavy atom. The molecule has 0 bridgehead atoms. The minimum absolute atomic E-state index is 0.107. The van der Waals surface area contributed by atoms with Crippen LogP contribution in [0, 0.1) is 12.4 Å². The van der Waals surface area contributed by atoms with Crippen LogP contribution in [0.15, 0.2) is 18.2 Å². The van der Waals surface area contributed by atoms with Gasteiger partial charge in [0.25, 0.3) is 0 Å². The molecule has 0 aliphatic rings. The molecule has 11 heavy (non-hydrogen) atoms. The van der Waals surface area contributed by atoms with Crippen molar-refractivity contribution in [1.29, 1.82) is 0 Å². The van der Waals surface area contributed by atoms with Gasteiger partial charge in [0.15, 0.2) is 0 Å². The molecule has 1 rings (SSSR count). The molecule has 0 unspecified atom stereocenters. The Hall–Kier alpha value is -0.600. The fourth-order valence-electron chi connectivity index (χ4n) is 0.722. The van der Waals surface area contributed by atoms with Crippen LogP contribution in [0.25, 0.3) is 0 Å². The Bertz CT molecular complexity index is 250. The highest BCUT2D eigenvalue weighted by molar-refractivity contribution is 6.30. The summed E-state index contributed by atoms with van der Waals surface area (Å²) < 4.78 is 17.3. The lowest BCUT2D eigenvalue weighted by Crippen LogP contribution is -1.85. The molecular formula is C8H7ClFO. The van der Waals surface area contributed by atoms with Gasteiger partial charge in [-0.3, -0.25) is 0 Å². The van der Waals surface area contributed by atoms with E-state index in [2.05, 4.69) is 0 Å². The number of methoxy groups -OCH3 is 1. The van der Waals surface area contributed by atoms with Gasteiger partial charge in [-0.05, 0) is 17.7 Å². The summed E-state index contributed by atoms with van der Waals surface area (Å²) in [7, 11) is 1.53. The van der Waals surface area contributed by atoms with Crippen LogP contribution < -0.4 is 0 Å². The monoisotopic (exact) mass is 173 g/mol. The molecule has 1 radical (unpaired) electrons. The standard InChI is InChI=1S/C8H7ClFO/c1-11-5-6-2-3-8(10)7(9)4-6/h2-5H,1H3. The van der Waals surface area contributed by atoms with Crippen molar-refractivity contribution in [3.63, 3.8) is 0 Å². The van der Waals surface area contributed by atoms with Gasteiger partial charge in [-0.1, -0.05) is 17.7 Å². The van der Waals surface area contributed by atoms with Gasteiger partial charge in [-0.25, -0.2) is 4.39 Å². The van der Waals surface area contributed by atoms with Crippen molar-refractivity contribution in [3.8, 4) is 0 Å². The van der Waals surface area contributed by atoms with Gasteiger partial charge in [0.2, 0.25) is 0 Å². The first-order chi connectivity index (χ1) is 5.24. The average Bonchev–Trinajstić information content (AvgIpc) is 1.98. The molecule has 0 atom stereocenters. The topological polar surface area (TPSA) is 9.23 Å². The molecule has 0 amide bonds. The van der Waals surface area contributed by atoms with E-state index in [9.17, 15) is 4.39 Å². The van der Waals surface area contributed by atoms with E-state index in [1.165, 1.54) is 25.8 Å². The first-order valence-electron chi connectivity index (χ1n) is 3.05. The Kier molecular flexibility index (Phi) is 2.85. The molecule has 59 valence electrons. The van der Waals surface area contributed by atoms with Gasteiger partial charge in [0.1, 0.15) is 12.4 Å². The predicted molar refractivity (Wildman–Crippen MR) is 41.8 cm³/mol. The number of hydrogen-bond acceptors (Lipinski definition) is 1. The lowest BCUT2D eigenvalue weighted by Gasteiger charge is -1.98. The maximum absolute atomic E-state index is 12.6. The zero-order valence-corrected chi connectivity index (χ0v) is 6.73. The highest BCUT2D eigenvalue weighted by atomic mass is 35.5. The molecular weight excluding hydrogens is 167 g/mol. The van der Waals surface area contributed by atoms with E-state index in [-0.39, 0.29) is 5.02 Å². The molecule has 0 heterocycles. The molecule has 0 N–H and O–H groups in total. The molecule has 0 saturated carbocycles. The molecule has 0 spiro atoms. The van der Waals surface area contributed by atoms with Crippen LogP contribution in [-0.2, 0) is 4.74 Å². The number of ether oxygens (including phenoxy) is 1. The first kappa shape index (κ1) is 8.50. The van der Waals surface area contributed by atoms with E-state index in [4.69, 9.17) is 16.3 Å². The van der Waals surface area contributed by atoms with Crippen molar-refractivity contribution in [3.05, 3.63) is 41.2 Å². The van der Waals surface area contributed by atoms with Crippen LogP contribution in [0.2, 0.25) is 5.02 Å². The second-order valence-electron chi connectivity index (χ2n) is 2.03. The Morgan fingerprint density at radius 3 is 2.82 bits per heavy atom. The zero-order chi connectivity index (χ0) is 8.27. The van der Waals surface area contributed by atoms with Crippen molar-refractivity contribution in [1.82, 2.24) is 0 Å². The van der Waals surface area contributed by atoms with Crippen molar-refractivity contribution in [2.24, 2.45) is 0 Å². The molecule has 1 aromatic carbocycles. The number of halogens is 2. The normalized spacial score (nSPS) is 10.1. The van der Waals surface area contributed by atoms with Gasteiger partial charge < -0.3 is 4.74 Å². The van der Waals surface area contributed by atoms with Gasteiger partial charge in [0, 0.05) is 7.11 Å². The third-order valence-electron chi connectivity index (χ3n) is 1.20. The average molecular weight is 174 g/mol. The van der Waals surface area contributed by atoms with Crippen molar-refractivity contribution in [2.75, 3.05) is 7.11 Å². The molecule has 1 aromatic rings. The van der Waals surface area contributed by atoms with Gasteiger partial charge in [-0.2, -0.15) is 0 Å². The van der Waals surface area contributed by atoms with Gasteiger partial charge in [-0.15, -0.1) is 0 Å². The molecule has 0 aromatic heterocycles. The smallest absolute Gasteiger partial charge is 0.141 e. The lowest BCUT2D eigenvalue weighted by atomic mass is 10.2. The SMILES string of the molecule is CO[CH]c1ccc(F)c(Cl)c1. The number of benzene rings is 1. The highest BCUT2D eigenvalue weighted by Crippen LogP contribution is 2.16. The third kappa shape index (κ3) is 2.17. The summed E-state index contributed by atoms with van der Waals surface area (Å²) in [6, 6.07) is 4.39. The Balaban J connectivity index is 2.86. The number of hydrogen-bond donors (Lipinski definition) is 0. The number of rotatable bonds is 2. The van der Waals surface area contributed by atoms with E-state index < -0.39 is 5.82 Å². The maximum Gasteiger partial charge on any atom is 0.141 e. The van der Waals surface area contributed by atoms with Crippen LogP contribution in [-0.4, -0.2) is 7.11 Å². The quantitative estimate of drug-likeness (QED) is 0.668. The van der Waals surface area contributed by atoms with Crippen molar-refractivity contribution < 1.29 is 9.13 Å². The van der Waals surface area contributed by atoms with E-state index in [1.54, 1.807) is 6.07 Å². The summed E-state index contributed by atoms with van der Waals surface area (Å²) in [4.78, 5) is 0. The highest BCUT2D eigenvalue weighted by Gasteiger charge is 1.99. The lowest BCUT2D eigenvalue weighted by molar-refractivity contribution is 0.292. The molecule has 0 aliphatic heterocycles. The predicted octanol–water partition coefficient (Wildman–Crippen LogP) is 2.64. The summed E-state index contributed by atoms with van der Waals surface area (Å²) in [5, 5.41) is 0.107. The zero-order valence-electron chi connectivity index (χ0n) is 5.97. The second-order valence-corrected chi connectivity index (χ2v) is 2.43. The summed E-state index contributed by atoms with van der Waals surface area (Å²) >= 11 is 5.50. The van der Waals surface area contributed by atoms with Gasteiger partial charge >= 0.3 is 0 Å². The van der Waals surface area contributed by atoms with E-state index in [0.29, 0.717) is 0 Å².